The molecule has 1 aromatic carbocycles. The predicted molar refractivity (Wildman–Crippen MR) is 83.1 cm³/mol. The van der Waals surface area contributed by atoms with E-state index in [0.717, 1.165) is 32.4 Å². The molecule has 6 heteroatoms. The maximum absolute atomic E-state index is 12.5. The van der Waals surface area contributed by atoms with Crippen LogP contribution in [-0.4, -0.2) is 25.0 Å². The number of primary amides is 1. The highest BCUT2D eigenvalue weighted by atomic mass is 16.2. The normalized spacial score (nSPS) is 21.6. The zero-order valence-electron chi connectivity index (χ0n) is 12.2. The number of piperidine rings is 1. The third kappa shape index (κ3) is 3.72. The number of hydrogen-bond donors (Lipinski definition) is 4. The second-order valence-electron chi connectivity index (χ2n) is 5.43. The summed E-state index contributed by atoms with van der Waals surface area (Å²) in [6, 6.07) is 6.31. The molecule has 1 aromatic rings. The molecule has 0 saturated carbocycles. The van der Waals surface area contributed by atoms with Gasteiger partial charge < -0.3 is 21.7 Å². The van der Waals surface area contributed by atoms with Gasteiger partial charge in [-0.15, -0.1) is 0 Å². The molecule has 1 aliphatic heterocycles. The maximum Gasteiger partial charge on any atom is 0.316 e. The first kappa shape index (κ1) is 15.3. The van der Waals surface area contributed by atoms with Crippen molar-refractivity contribution in [2.45, 2.75) is 26.2 Å². The minimum absolute atomic E-state index is 0.0489. The van der Waals surface area contributed by atoms with Crippen LogP contribution in [-0.2, 0) is 4.79 Å². The molecular weight excluding hydrogens is 268 g/mol. The third-order valence-electron chi connectivity index (χ3n) is 4.04. The van der Waals surface area contributed by atoms with Crippen LogP contribution >= 0.6 is 0 Å². The van der Waals surface area contributed by atoms with Gasteiger partial charge in [0.15, 0.2) is 0 Å². The van der Waals surface area contributed by atoms with E-state index in [1.807, 2.05) is 6.92 Å². The number of hydrogen-bond acceptors (Lipinski definition) is 3. The van der Waals surface area contributed by atoms with Gasteiger partial charge in [-0.25, -0.2) is 4.79 Å². The van der Waals surface area contributed by atoms with Crippen molar-refractivity contribution >= 4 is 23.3 Å². The molecule has 1 unspecified atom stereocenters. The summed E-state index contributed by atoms with van der Waals surface area (Å²) in [5, 5.41) is 8.75. The van der Waals surface area contributed by atoms with Gasteiger partial charge in [-0.2, -0.15) is 0 Å². The number of carbonyl (C=O) groups is 2. The van der Waals surface area contributed by atoms with E-state index in [2.05, 4.69) is 16.0 Å². The van der Waals surface area contributed by atoms with Crippen LogP contribution in [0.4, 0.5) is 16.2 Å². The van der Waals surface area contributed by atoms with Crippen LogP contribution in [0.1, 0.15) is 26.2 Å². The van der Waals surface area contributed by atoms with Gasteiger partial charge in [-0.1, -0.05) is 6.92 Å². The van der Waals surface area contributed by atoms with Crippen LogP contribution < -0.4 is 21.7 Å². The molecule has 0 aromatic heterocycles. The lowest BCUT2D eigenvalue weighted by Gasteiger charge is -2.35. The van der Waals surface area contributed by atoms with Crippen molar-refractivity contribution in [2.75, 3.05) is 23.7 Å². The topological polar surface area (TPSA) is 96.2 Å². The third-order valence-corrected chi connectivity index (χ3v) is 4.04. The molecule has 3 amide bonds. The number of carbonyl (C=O) groups excluding carboxylic acids is 2. The Morgan fingerprint density at radius 1 is 1.24 bits per heavy atom. The maximum atomic E-state index is 12.5. The Hall–Kier alpha value is -2.08. The molecule has 0 spiro atoms. The smallest absolute Gasteiger partial charge is 0.316 e. The highest BCUT2D eigenvalue weighted by Gasteiger charge is 2.37. The fourth-order valence-corrected chi connectivity index (χ4v) is 2.67. The minimum atomic E-state index is -0.606. The van der Waals surface area contributed by atoms with Crippen LogP contribution in [0.2, 0.25) is 0 Å². The quantitative estimate of drug-likeness (QED) is 0.682. The fourth-order valence-electron chi connectivity index (χ4n) is 2.67. The fraction of sp³-hybridized carbons (Fsp3) is 0.467. The molecule has 1 heterocycles. The Balaban J connectivity index is 2.03. The number of urea groups is 1. The van der Waals surface area contributed by atoms with E-state index in [1.54, 1.807) is 24.3 Å². The van der Waals surface area contributed by atoms with Crippen LogP contribution in [0.3, 0.4) is 0 Å². The molecule has 1 atom stereocenters. The van der Waals surface area contributed by atoms with Crippen molar-refractivity contribution in [2.24, 2.45) is 11.1 Å². The van der Waals surface area contributed by atoms with Crippen molar-refractivity contribution in [1.29, 1.82) is 0 Å². The molecule has 21 heavy (non-hydrogen) atoms. The van der Waals surface area contributed by atoms with Gasteiger partial charge in [0.2, 0.25) is 5.91 Å². The van der Waals surface area contributed by atoms with E-state index in [0.29, 0.717) is 11.4 Å². The van der Waals surface area contributed by atoms with Gasteiger partial charge >= 0.3 is 6.03 Å². The van der Waals surface area contributed by atoms with E-state index in [9.17, 15) is 9.59 Å². The Morgan fingerprint density at radius 3 is 2.33 bits per heavy atom. The SMILES string of the molecule is CCC1(C(=O)Nc2ccc(NC(N)=O)cc2)CCCNC1. The van der Waals surface area contributed by atoms with Crippen LogP contribution in [0.15, 0.2) is 24.3 Å². The minimum Gasteiger partial charge on any atom is -0.351 e. The van der Waals surface area contributed by atoms with Crippen molar-refractivity contribution in [3.8, 4) is 0 Å². The summed E-state index contributed by atoms with van der Waals surface area (Å²) in [6.07, 6.45) is 2.74. The highest BCUT2D eigenvalue weighted by molar-refractivity contribution is 5.96. The number of amides is 3. The average molecular weight is 290 g/mol. The first-order valence-electron chi connectivity index (χ1n) is 7.24. The van der Waals surface area contributed by atoms with Gasteiger partial charge in [0.25, 0.3) is 0 Å². The number of rotatable bonds is 4. The Labute approximate surface area is 124 Å². The molecular formula is C15H22N4O2. The zero-order chi connectivity index (χ0) is 15.3. The summed E-state index contributed by atoms with van der Waals surface area (Å²) in [7, 11) is 0. The van der Waals surface area contributed by atoms with Crippen LogP contribution in [0.25, 0.3) is 0 Å². The van der Waals surface area contributed by atoms with Crippen molar-refractivity contribution in [1.82, 2.24) is 5.32 Å². The lowest BCUT2D eigenvalue weighted by molar-refractivity contribution is -0.126. The van der Waals surface area contributed by atoms with Crippen molar-refractivity contribution in [3.05, 3.63) is 24.3 Å². The predicted octanol–water partition coefficient (Wildman–Crippen LogP) is 1.90. The molecule has 114 valence electrons. The molecule has 6 nitrogen and oxygen atoms in total. The largest absolute Gasteiger partial charge is 0.351 e. The summed E-state index contributed by atoms with van der Waals surface area (Å²) in [5.74, 6) is 0.0489. The molecule has 5 N–H and O–H groups in total. The summed E-state index contributed by atoms with van der Waals surface area (Å²) in [4.78, 5) is 23.3. The monoisotopic (exact) mass is 290 g/mol. The van der Waals surface area contributed by atoms with E-state index < -0.39 is 6.03 Å². The number of nitrogens with one attached hydrogen (secondary N) is 3. The van der Waals surface area contributed by atoms with Gasteiger partial charge in [-0.05, 0) is 50.1 Å². The summed E-state index contributed by atoms with van der Waals surface area (Å²) >= 11 is 0. The first-order chi connectivity index (χ1) is 10.1. The first-order valence-corrected chi connectivity index (χ1v) is 7.24. The van der Waals surface area contributed by atoms with E-state index in [1.165, 1.54) is 0 Å². The van der Waals surface area contributed by atoms with Crippen LogP contribution in [0, 0.1) is 5.41 Å². The van der Waals surface area contributed by atoms with Crippen LogP contribution in [0.5, 0.6) is 0 Å². The average Bonchev–Trinajstić information content (AvgIpc) is 2.49. The van der Waals surface area contributed by atoms with E-state index in [-0.39, 0.29) is 11.3 Å². The Kier molecular flexibility index (Phi) is 4.80. The molecule has 1 fully saturated rings. The molecule has 0 bridgehead atoms. The second kappa shape index (κ2) is 6.58. The summed E-state index contributed by atoms with van der Waals surface area (Å²) in [6.45, 7) is 3.74. The van der Waals surface area contributed by atoms with Gasteiger partial charge in [0.1, 0.15) is 0 Å². The molecule has 2 rings (SSSR count). The van der Waals surface area contributed by atoms with Crippen molar-refractivity contribution < 1.29 is 9.59 Å². The second-order valence-corrected chi connectivity index (χ2v) is 5.43. The lowest BCUT2D eigenvalue weighted by Crippen LogP contribution is -2.47. The van der Waals surface area contributed by atoms with E-state index in [4.69, 9.17) is 5.73 Å². The molecule has 1 saturated heterocycles. The lowest BCUT2D eigenvalue weighted by atomic mass is 9.77. The molecule has 0 radical (unpaired) electrons. The standard InChI is InChI=1S/C15H22N4O2/c1-2-15(8-3-9-17-10-15)13(20)18-11-4-6-12(7-5-11)19-14(16)21/h4-7,17H,2-3,8-10H2,1H3,(H,18,20)(H3,16,19,21). The Morgan fingerprint density at radius 2 is 1.86 bits per heavy atom. The molecule has 1 aliphatic rings. The number of benzene rings is 1. The number of anilines is 2. The summed E-state index contributed by atoms with van der Waals surface area (Å²) < 4.78 is 0. The Bertz CT molecular complexity index is 507. The van der Waals surface area contributed by atoms with Gasteiger partial charge in [0, 0.05) is 17.9 Å². The van der Waals surface area contributed by atoms with Crippen molar-refractivity contribution in [3.63, 3.8) is 0 Å². The highest BCUT2D eigenvalue weighted by Crippen LogP contribution is 2.31. The van der Waals surface area contributed by atoms with Gasteiger partial charge in [0.05, 0.1) is 5.41 Å². The van der Waals surface area contributed by atoms with Gasteiger partial charge in [-0.3, -0.25) is 4.79 Å². The zero-order valence-corrected chi connectivity index (χ0v) is 12.2. The number of nitrogens with two attached hydrogens (primary N) is 1. The van der Waals surface area contributed by atoms with E-state index >= 15 is 0 Å². The molecule has 0 aliphatic carbocycles. The summed E-state index contributed by atoms with van der Waals surface area (Å²) in [5.41, 5.74) is 6.04.